The Morgan fingerprint density at radius 3 is 2.81 bits per heavy atom. The highest BCUT2D eigenvalue weighted by atomic mass is 16.5. The second kappa shape index (κ2) is 8.14. The molecule has 1 saturated heterocycles. The number of nitrogens with one attached hydrogen (secondary N) is 1. The number of rotatable bonds is 5. The molecule has 2 heterocycles. The Labute approximate surface area is 153 Å². The van der Waals surface area contributed by atoms with Crippen LogP contribution in [0.5, 0.6) is 5.75 Å². The molecular weight excluding hydrogens is 332 g/mol. The van der Waals surface area contributed by atoms with Crippen LogP contribution in [0.3, 0.4) is 0 Å². The highest BCUT2D eigenvalue weighted by molar-refractivity contribution is 5.93. The summed E-state index contributed by atoms with van der Waals surface area (Å²) in [5.74, 6) is 1.70. The maximum absolute atomic E-state index is 12.5. The van der Waals surface area contributed by atoms with E-state index >= 15 is 0 Å². The average Bonchev–Trinajstić information content (AvgIpc) is 2.66. The summed E-state index contributed by atoms with van der Waals surface area (Å²) in [6.45, 7) is 8.61. The molecule has 26 heavy (non-hydrogen) atoms. The number of morpholine rings is 1. The van der Waals surface area contributed by atoms with Gasteiger partial charge in [0.15, 0.2) is 6.10 Å². The van der Waals surface area contributed by atoms with Crippen LogP contribution in [0, 0.1) is 13.8 Å². The standard InChI is InChI=1S/C19H24N4O3/c1-13-5-4-6-16(14(13)2)26-15(3)19(24)22-17-11-18(21-12-20-17)23-7-9-25-10-8-23/h4-6,11-12,15H,7-10H2,1-3H3,(H,20,21,22,24). The molecule has 0 bridgehead atoms. The minimum absolute atomic E-state index is 0.252. The van der Waals surface area contributed by atoms with Gasteiger partial charge in [-0.25, -0.2) is 9.97 Å². The Hall–Kier alpha value is -2.67. The number of benzene rings is 1. The fraction of sp³-hybridized carbons (Fsp3) is 0.421. The molecule has 1 N–H and O–H groups in total. The Balaban J connectivity index is 1.64. The smallest absolute Gasteiger partial charge is 0.266 e. The zero-order chi connectivity index (χ0) is 18.5. The summed E-state index contributed by atoms with van der Waals surface area (Å²) in [5.41, 5.74) is 2.16. The fourth-order valence-corrected chi connectivity index (χ4v) is 2.70. The van der Waals surface area contributed by atoms with E-state index in [0.717, 1.165) is 30.0 Å². The van der Waals surface area contributed by atoms with Gasteiger partial charge >= 0.3 is 0 Å². The van der Waals surface area contributed by atoms with E-state index in [1.165, 1.54) is 6.33 Å². The van der Waals surface area contributed by atoms with Gasteiger partial charge in [0.05, 0.1) is 13.2 Å². The van der Waals surface area contributed by atoms with Gasteiger partial charge in [-0.05, 0) is 38.0 Å². The van der Waals surface area contributed by atoms with Crippen LogP contribution in [-0.2, 0) is 9.53 Å². The molecule has 138 valence electrons. The largest absolute Gasteiger partial charge is 0.481 e. The molecule has 2 aromatic rings. The average molecular weight is 356 g/mol. The molecule has 1 amide bonds. The molecule has 0 aliphatic carbocycles. The van der Waals surface area contributed by atoms with E-state index in [1.54, 1.807) is 13.0 Å². The van der Waals surface area contributed by atoms with Crippen molar-refractivity contribution < 1.29 is 14.3 Å². The monoisotopic (exact) mass is 356 g/mol. The van der Waals surface area contributed by atoms with Crippen LogP contribution in [0.4, 0.5) is 11.6 Å². The van der Waals surface area contributed by atoms with E-state index in [0.29, 0.717) is 24.8 Å². The quantitative estimate of drug-likeness (QED) is 0.886. The van der Waals surface area contributed by atoms with Crippen molar-refractivity contribution in [2.75, 3.05) is 36.5 Å². The van der Waals surface area contributed by atoms with E-state index in [1.807, 2.05) is 32.0 Å². The summed E-state index contributed by atoms with van der Waals surface area (Å²) in [6.07, 6.45) is 0.814. The Morgan fingerprint density at radius 1 is 1.27 bits per heavy atom. The third kappa shape index (κ3) is 4.29. The molecule has 1 aromatic carbocycles. The van der Waals surface area contributed by atoms with Gasteiger partial charge in [0, 0.05) is 19.2 Å². The fourth-order valence-electron chi connectivity index (χ4n) is 2.70. The first kappa shape index (κ1) is 18.1. The third-order valence-electron chi connectivity index (χ3n) is 4.47. The second-order valence-corrected chi connectivity index (χ2v) is 6.31. The first-order valence-electron chi connectivity index (χ1n) is 8.73. The zero-order valence-electron chi connectivity index (χ0n) is 15.4. The predicted octanol–water partition coefficient (Wildman–Crippen LogP) is 2.34. The van der Waals surface area contributed by atoms with E-state index in [-0.39, 0.29) is 5.91 Å². The van der Waals surface area contributed by atoms with Crippen LogP contribution < -0.4 is 15.0 Å². The number of amides is 1. The first-order chi connectivity index (χ1) is 12.5. The van der Waals surface area contributed by atoms with E-state index < -0.39 is 6.10 Å². The molecule has 3 rings (SSSR count). The SMILES string of the molecule is Cc1cccc(OC(C)C(=O)Nc2cc(N3CCOCC3)ncn2)c1C. The summed E-state index contributed by atoms with van der Waals surface area (Å²) < 4.78 is 11.2. The number of aryl methyl sites for hydroxylation is 1. The maximum atomic E-state index is 12.5. The maximum Gasteiger partial charge on any atom is 0.266 e. The minimum atomic E-state index is -0.641. The lowest BCUT2D eigenvalue weighted by Crippen LogP contribution is -2.37. The molecule has 1 unspecified atom stereocenters. The number of hydrogen-bond donors (Lipinski definition) is 1. The van der Waals surface area contributed by atoms with Crippen molar-refractivity contribution in [3.63, 3.8) is 0 Å². The lowest BCUT2D eigenvalue weighted by atomic mass is 10.1. The van der Waals surface area contributed by atoms with Crippen LogP contribution in [-0.4, -0.2) is 48.3 Å². The molecule has 0 radical (unpaired) electrons. The van der Waals surface area contributed by atoms with Crippen molar-refractivity contribution in [2.24, 2.45) is 0 Å². The number of hydrogen-bond acceptors (Lipinski definition) is 6. The molecule has 1 aliphatic rings. The number of carbonyl (C=O) groups is 1. The number of carbonyl (C=O) groups excluding carboxylic acids is 1. The van der Waals surface area contributed by atoms with Crippen molar-refractivity contribution in [3.05, 3.63) is 41.7 Å². The molecule has 1 aliphatic heterocycles. The normalized spacial score (nSPS) is 15.4. The third-order valence-corrected chi connectivity index (χ3v) is 4.47. The van der Waals surface area contributed by atoms with Crippen molar-refractivity contribution in [1.29, 1.82) is 0 Å². The molecule has 7 nitrogen and oxygen atoms in total. The Bertz CT molecular complexity index is 775. The summed E-state index contributed by atoms with van der Waals surface area (Å²) in [5, 5.41) is 2.80. The second-order valence-electron chi connectivity index (χ2n) is 6.31. The molecule has 1 aromatic heterocycles. The Morgan fingerprint density at radius 2 is 2.04 bits per heavy atom. The molecule has 0 saturated carbocycles. The zero-order valence-corrected chi connectivity index (χ0v) is 15.4. The predicted molar refractivity (Wildman–Crippen MR) is 99.7 cm³/mol. The Kier molecular flexibility index (Phi) is 5.68. The van der Waals surface area contributed by atoms with Crippen LogP contribution in [0.15, 0.2) is 30.6 Å². The molecule has 1 fully saturated rings. The molecule has 7 heteroatoms. The van der Waals surface area contributed by atoms with Gasteiger partial charge in [-0.1, -0.05) is 12.1 Å². The van der Waals surface area contributed by atoms with E-state index in [9.17, 15) is 4.79 Å². The number of aromatic nitrogens is 2. The highest BCUT2D eigenvalue weighted by Gasteiger charge is 2.18. The summed E-state index contributed by atoms with van der Waals surface area (Å²) in [7, 11) is 0. The van der Waals surface area contributed by atoms with Gasteiger partial charge in [-0.15, -0.1) is 0 Å². The lowest BCUT2D eigenvalue weighted by Gasteiger charge is -2.27. The van der Waals surface area contributed by atoms with Crippen LogP contribution in [0.25, 0.3) is 0 Å². The summed E-state index contributed by atoms with van der Waals surface area (Å²) in [4.78, 5) is 23.0. The van der Waals surface area contributed by atoms with Crippen LogP contribution in [0.1, 0.15) is 18.1 Å². The van der Waals surface area contributed by atoms with Gasteiger partial charge < -0.3 is 19.7 Å². The van der Waals surface area contributed by atoms with Gasteiger partial charge in [-0.2, -0.15) is 0 Å². The molecule has 0 spiro atoms. The van der Waals surface area contributed by atoms with Crippen molar-refractivity contribution in [2.45, 2.75) is 26.9 Å². The summed E-state index contributed by atoms with van der Waals surface area (Å²) in [6, 6.07) is 7.57. The first-order valence-corrected chi connectivity index (χ1v) is 8.73. The van der Waals surface area contributed by atoms with Crippen molar-refractivity contribution in [1.82, 2.24) is 9.97 Å². The highest BCUT2D eigenvalue weighted by Crippen LogP contribution is 2.22. The van der Waals surface area contributed by atoms with E-state index in [2.05, 4.69) is 20.2 Å². The van der Waals surface area contributed by atoms with Gasteiger partial charge in [0.1, 0.15) is 23.7 Å². The van der Waals surface area contributed by atoms with Gasteiger partial charge in [0.2, 0.25) is 0 Å². The number of anilines is 2. The van der Waals surface area contributed by atoms with E-state index in [4.69, 9.17) is 9.47 Å². The minimum Gasteiger partial charge on any atom is -0.481 e. The van der Waals surface area contributed by atoms with Crippen LogP contribution in [0.2, 0.25) is 0 Å². The van der Waals surface area contributed by atoms with Gasteiger partial charge in [-0.3, -0.25) is 4.79 Å². The summed E-state index contributed by atoms with van der Waals surface area (Å²) >= 11 is 0. The number of ether oxygens (including phenoxy) is 2. The lowest BCUT2D eigenvalue weighted by molar-refractivity contribution is -0.122. The van der Waals surface area contributed by atoms with Crippen LogP contribution >= 0.6 is 0 Å². The van der Waals surface area contributed by atoms with Crippen molar-refractivity contribution >= 4 is 17.5 Å². The van der Waals surface area contributed by atoms with Gasteiger partial charge in [0.25, 0.3) is 5.91 Å². The number of nitrogens with zero attached hydrogens (tertiary/aromatic N) is 3. The topological polar surface area (TPSA) is 76.6 Å². The molecular formula is C19H24N4O3. The van der Waals surface area contributed by atoms with Crippen molar-refractivity contribution in [3.8, 4) is 5.75 Å². The molecule has 1 atom stereocenters.